The molecule has 0 saturated carbocycles. The summed E-state index contributed by atoms with van der Waals surface area (Å²) < 4.78 is 2.06. The Morgan fingerprint density at radius 2 is 2.40 bits per heavy atom. The second-order valence-electron chi connectivity index (χ2n) is 4.24. The van der Waals surface area contributed by atoms with Gasteiger partial charge in [-0.05, 0) is 25.7 Å². The van der Waals surface area contributed by atoms with Crippen LogP contribution in [-0.4, -0.2) is 20.8 Å². The highest BCUT2D eigenvalue weighted by Crippen LogP contribution is 2.21. The minimum Gasteiger partial charge on any atom is -0.389 e. The molecule has 3 nitrogen and oxygen atoms in total. The van der Waals surface area contributed by atoms with E-state index < -0.39 is 0 Å². The number of hydrogen-bond donors (Lipinski definition) is 1. The average Bonchev–Trinajstić information content (AvgIpc) is 2.61. The van der Waals surface area contributed by atoms with Crippen molar-refractivity contribution < 1.29 is 5.11 Å². The Morgan fingerprint density at radius 1 is 1.53 bits per heavy atom. The highest BCUT2D eigenvalue weighted by Gasteiger charge is 2.11. The van der Waals surface area contributed by atoms with Crippen LogP contribution in [-0.2, 0) is 13.5 Å². The van der Waals surface area contributed by atoms with E-state index in [1.807, 2.05) is 25.5 Å². The summed E-state index contributed by atoms with van der Waals surface area (Å²) in [7, 11) is 2.02. The molecule has 1 heterocycles. The van der Waals surface area contributed by atoms with Gasteiger partial charge in [-0.15, -0.1) is 0 Å². The Hall–Kier alpha value is -1.09. The van der Waals surface area contributed by atoms with E-state index in [0.717, 1.165) is 37.9 Å². The third kappa shape index (κ3) is 2.69. The van der Waals surface area contributed by atoms with Gasteiger partial charge in [-0.25, -0.2) is 4.98 Å². The average molecular weight is 206 g/mol. The van der Waals surface area contributed by atoms with Gasteiger partial charge in [-0.2, -0.15) is 0 Å². The number of aromatic nitrogens is 2. The predicted molar refractivity (Wildman–Crippen MR) is 59.5 cm³/mol. The van der Waals surface area contributed by atoms with Crippen molar-refractivity contribution in [2.45, 2.75) is 38.2 Å². The maximum atomic E-state index is 9.49. The number of nitrogens with zero attached hydrogens (tertiary/aromatic N) is 2. The number of allylic oxidation sites excluding steroid dienone is 1. The lowest BCUT2D eigenvalue weighted by atomic mass is 9.94. The third-order valence-corrected chi connectivity index (χ3v) is 3.02. The molecule has 0 saturated heterocycles. The minimum absolute atomic E-state index is 0.213. The molecule has 0 bridgehead atoms. The molecule has 1 aromatic heterocycles. The Labute approximate surface area is 90.5 Å². The molecular weight excluding hydrogens is 188 g/mol. The molecule has 1 aliphatic carbocycles. The maximum absolute atomic E-state index is 9.49. The van der Waals surface area contributed by atoms with Gasteiger partial charge >= 0.3 is 0 Å². The molecule has 1 unspecified atom stereocenters. The molecule has 1 aliphatic rings. The third-order valence-electron chi connectivity index (χ3n) is 3.02. The van der Waals surface area contributed by atoms with Gasteiger partial charge in [-0.3, -0.25) is 0 Å². The van der Waals surface area contributed by atoms with E-state index in [4.69, 9.17) is 0 Å². The quantitative estimate of drug-likeness (QED) is 0.766. The van der Waals surface area contributed by atoms with Crippen molar-refractivity contribution in [3.8, 4) is 0 Å². The smallest absolute Gasteiger partial charge is 0.108 e. The molecule has 0 aromatic carbocycles. The van der Waals surface area contributed by atoms with Crippen molar-refractivity contribution in [3.05, 3.63) is 29.9 Å². The predicted octanol–water partition coefficient (Wildman–Crippen LogP) is 1.82. The minimum atomic E-state index is -0.213. The zero-order chi connectivity index (χ0) is 10.7. The number of hydrogen-bond acceptors (Lipinski definition) is 2. The molecule has 1 N–H and O–H groups in total. The first-order valence-electron chi connectivity index (χ1n) is 5.59. The van der Waals surface area contributed by atoms with Crippen LogP contribution < -0.4 is 0 Å². The summed E-state index contributed by atoms with van der Waals surface area (Å²) in [6, 6.07) is 0. The standard InChI is InChI=1S/C12H18N2O/c1-14-8-7-13-12(14)6-5-10-3-2-4-11(15)9-10/h7-9,11,15H,2-6H2,1H3. The molecule has 0 fully saturated rings. The van der Waals surface area contributed by atoms with Crippen LogP contribution in [0, 0.1) is 0 Å². The van der Waals surface area contributed by atoms with Gasteiger partial charge in [0.2, 0.25) is 0 Å². The van der Waals surface area contributed by atoms with Gasteiger partial charge < -0.3 is 9.67 Å². The lowest BCUT2D eigenvalue weighted by Gasteiger charge is -2.16. The molecule has 0 aliphatic heterocycles. The summed E-state index contributed by atoms with van der Waals surface area (Å²) in [6.45, 7) is 0. The highest BCUT2D eigenvalue weighted by atomic mass is 16.3. The SMILES string of the molecule is Cn1ccnc1CCC1=CC(O)CCC1. The number of imidazole rings is 1. The van der Waals surface area contributed by atoms with E-state index >= 15 is 0 Å². The first-order valence-corrected chi connectivity index (χ1v) is 5.59. The Morgan fingerprint density at radius 3 is 3.07 bits per heavy atom. The van der Waals surface area contributed by atoms with Gasteiger partial charge in [0.25, 0.3) is 0 Å². The van der Waals surface area contributed by atoms with E-state index in [0.29, 0.717) is 0 Å². The van der Waals surface area contributed by atoms with Gasteiger partial charge in [0.1, 0.15) is 5.82 Å². The monoisotopic (exact) mass is 206 g/mol. The summed E-state index contributed by atoms with van der Waals surface area (Å²) in [5.41, 5.74) is 1.39. The summed E-state index contributed by atoms with van der Waals surface area (Å²) in [4.78, 5) is 4.29. The van der Waals surface area contributed by atoms with Crippen molar-refractivity contribution in [2.75, 3.05) is 0 Å². The van der Waals surface area contributed by atoms with Crippen molar-refractivity contribution in [1.29, 1.82) is 0 Å². The van der Waals surface area contributed by atoms with E-state index in [1.165, 1.54) is 5.57 Å². The van der Waals surface area contributed by atoms with Crippen LogP contribution in [0.3, 0.4) is 0 Å². The summed E-state index contributed by atoms with van der Waals surface area (Å²) in [5, 5.41) is 9.49. The van der Waals surface area contributed by atoms with Crippen molar-refractivity contribution in [2.24, 2.45) is 7.05 Å². The van der Waals surface area contributed by atoms with Crippen molar-refractivity contribution in [1.82, 2.24) is 9.55 Å². The molecule has 0 radical (unpaired) electrons. The van der Waals surface area contributed by atoms with Gasteiger partial charge in [0, 0.05) is 25.9 Å². The molecule has 3 heteroatoms. The number of aliphatic hydroxyl groups is 1. The first kappa shape index (κ1) is 10.4. The topological polar surface area (TPSA) is 38.0 Å². The fourth-order valence-corrected chi connectivity index (χ4v) is 2.10. The molecular formula is C12H18N2O. The summed E-state index contributed by atoms with van der Waals surface area (Å²) in [6.07, 6.45) is 10.8. The number of rotatable bonds is 3. The molecule has 0 spiro atoms. The van der Waals surface area contributed by atoms with E-state index in [-0.39, 0.29) is 6.10 Å². The van der Waals surface area contributed by atoms with E-state index in [9.17, 15) is 5.11 Å². The fourth-order valence-electron chi connectivity index (χ4n) is 2.10. The van der Waals surface area contributed by atoms with Crippen LogP contribution in [0.1, 0.15) is 31.5 Å². The van der Waals surface area contributed by atoms with Crippen molar-refractivity contribution >= 4 is 0 Å². The van der Waals surface area contributed by atoms with Crippen LogP contribution in [0.25, 0.3) is 0 Å². The molecule has 1 aromatic rings. The first-order chi connectivity index (χ1) is 7.25. The zero-order valence-corrected chi connectivity index (χ0v) is 9.19. The largest absolute Gasteiger partial charge is 0.389 e. The van der Waals surface area contributed by atoms with Gasteiger partial charge in [0.05, 0.1) is 6.10 Å². The van der Waals surface area contributed by atoms with Crippen LogP contribution >= 0.6 is 0 Å². The second-order valence-corrected chi connectivity index (χ2v) is 4.24. The Balaban J connectivity index is 1.91. The fraction of sp³-hybridized carbons (Fsp3) is 0.583. The highest BCUT2D eigenvalue weighted by molar-refractivity contribution is 5.10. The van der Waals surface area contributed by atoms with Crippen LogP contribution in [0.4, 0.5) is 0 Å². The molecule has 1 atom stereocenters. The van der Waals surface area contributed by atoms with Crippen molar-refractivity contribution in [3.63, 3.8) is 0 Å². The number of aryl methyl sites for hydroxylation is 2. The Bertz CT molecular complexity index is 354. The van der Waals surface area contributed by atoms with E-state index in [1.54, 1.807) is 0 Å². The molecule has 2 rings (SSSR count). The summed E-state index contributed by atoms with van der Waals surface area (Å²) >= 11 is 0. The maximum Gasteiger partial charge on any atom is 0.108 e. The van der Waals surface area contributed by atoms with Crippen LogP contribution in [0.5, 0.6) is 0 Å². The number of aliphatic hydroxyl groups excluding tert-OH is 1. The summed E-state index contributed by atoms with van der Waals surface area (Å²) in [5.74, 6) is 1.12. The molecule has 0 amide bonds. The lowest BCUT2D eigenvalue weighted by Crippen LogP contribution is -2.09. The second kappa shape index (κ2) is 4.62. The molecule has 15 heavy (non-hydrogen) atoms. The van der Waals surface area contributed by atoms with Crippen LogP contribution in [0.15, 0.2) is 24.0 Å². The van der Waals surface area contributed by atoms with Crippen LogP contribution in [0.2, 0.25) is 0 Å². The van der Waals surface area contributed by atoms with Gasteiger partial charge in [-0.1, -0.05) is 11.6 Å². The lowest BCUT2D eigenvalue weighted by molar-refractivity contribution is 0.201. The molecule has 82 valence electrons. The Kier molecular flexibility index (Phi) is 3.21. The normalized spacial score (nSPS) is 21.5. The van der Waals surface area contributed by atoms with E-state index in [2.05, 4.69) is 9.55 Å². The van der Waals surface area contributed by atoms with Gasteiger partial charge in [0.15, 0.2) is 0 Å². The zero-order valence-electron chi connectivity index (χ0n) is 9.19.